The van der Waals surface area contributed by atoms with Crippen LogP contribution in [0.1, 0.15) is 36.5 Å². The third-order valence-electron chi connectivity index (χ3n) is 4.28. The zero-order valence-electron chi connectivity index (χ0n) is 14.3. The van der Waals surface area contributed by atoms with E-state index >= 15 is 0 Å². The molecule has 7 heteroatoms. The Morgan fingerprint density at radius 2 is 2.00 bits per heavy atom. The first-order chi connectivity index (χ1) is 12.0. The predicted molar refractivity (Wildman–Crippen MR) is 92.4 cm³/mol. The van der Waals surface area contributed by atoms with Gasteiger partial charge in [-0.05, 0) is 44.4 Å². The topological polar surface area (TPSA) is 105 Å². The summed E-state index contributed by atoms with van der Waals surface area (Å²) in [5.74, 6) is -2.59. The molecule has 1 aliphatic rings. The van der Waals surface area contributed by atoms with Crippen molar-refractivity contribution in [3.05, 3.63) is 29.8 Å². The second-order valence-corrected chi connectivity index (χ2v) is 6.01. The van der Waals surface area contributed by atoms with E-state index in [0.717, 1.165) is 6.42 Å². The molecular weight excluding hydrogens is 324 g/mol. The molecule has 1 fully saturated rings. The van der Waals surface area contributed by atoms with Crippen molar-refractivity contribution in [3.8, 4) is 0 Å². The zero-order valence-corrected chi connectivity index (χ0v) is 14.3. The van der Waals surface area contributed by atoms with Crippen LogP contribution in [-0.4, -0.2) is 42.6 Å². The van der Waals surface area contributed by atoms with Crippen molar-refractivity contribution >= 4 is 23.5 Å². The summed E-state index contributed by atoms with van der Waals surface area (Å²) in [4.78, 5) is 35.3. The summed E-state index contributed by atoms with van der Waals surface area (Å²) in [7, 11) is 0. The van der Waals surface area contributed by atoms with Crippen molar-refractivity contribution in [2.45, 2.75) is 26.2 Å². The van der Waals surface area contributed by atoms with Crippen molar-refractivity contribution in [1.82, 2.24) is 5.32 Å². The molecular formula is C18H24N2O5. The third kappa shape index (κ3) is 5.29. The molecule has 0 aromatic heterocycles. The lowest BCUT2D eigenvalue weighted by Gasteiger charge is -2.31. The molecule has 1 saturated carbocycles. The molecule has 7 nitrogen and oxygen atoms in total. The van der Waals surface area contributed by atoms with Gasteiger partial charge in [-0.2, -0.15) is 0 Å². The lowest BCUT2D eigenvalue weighted by atomic mass is 9.73. The number of hydrogen-bond acceptors (Lipinski definition) is 4. The molecule has 1 aromatic carbocycles. The molecule has 2 amide bonds. The number of ether oxygens (including phenoxy) is 1. The Morgan fingerprint density at radius 1 is 1.24 bits per heavy atom. The van der Waals surface area contributed by atoms with Crippen LogP contribution in [0.15, 0.2) is 24.3 Å². The van der Waals surface area contributed by atoms with Crippen LogP contribution in [0, 0.1) is 11.8 Å². The standard InChI is InChI=1S/C18H24N2O5/c1-2-25-10-4-9-19-16(21)12-5-3-6-13(11-12)20-17(22)14-7-8-15(14)18(23)24/h3,5-6,11,14-15H,2,4,7-10H2,1H3,(H,19,21)(H,20,22)(H,23,24). The maximum atomic E-state index is 12.2. The van der Waals surface area contributed by atoms with E-state index in [2.05, 4.69) is 10.6 Å². The molecule has 0 aliphatic heterocycles. The average Bonchev–Trinajstić information content (AvgIpc) is 2.53. The molecule has 0 bridgehead atoms. The minimum Gasteiger partial charge on any atom is -0.481 e. The maximum Gasteiger partial charge on any atom is 0.307 e. The summed E-state index contributed by atoms with van der Waals surface area (Å²) >= 11 is 0. The lowest BCUT2D eigenvalue weighted by Crippen LogP contribution is -2.41. The number of carboxylic acid groups (broad SMARTS) is 1. The SMILES string of the molecule is CCOCCCNC(=O)c1cccc(NC(=O)C2CCC2C(=O)O)c1. The molecule has 136 valence electrons. The number of rotatable bonds is 9. The van der Waals surface area contributed by atoms with Gasteiger partial charge in [0.15, 0.2) is 0 Å². The van der Waals surface area contributed by atoms with Crippen LogP contribution in [0.2, 0.25) is 0 Å². The van der Waals surface area contributed by atoms with Crippen molar-refractivity contribution in [2.75, 3.05) is 25.1 Å². The van der Waals surface area contributed by atoms with Crippen molar-refractivity contribution in [1.29, 1.82) is 0 Å². The smallest absolute Gasteiger partial charge is 0.307 e. The number of benzene rings is 1. The number of nitrogens with one attached hydrogen (secondary N) is 2. The number of carboxylic acids is 1. The highest BCUT2D eigenvalue weighted by molar-refractivity contribution is 5.99. The normalized spacial score (nSPS) is 18.9. The van der Waals surface area contributed by atoms with E-state index in [-0.39, 0.29) is 11.8 Å². The van der Waals surface area contributed by atoms with E-state index in [4.69, 9.17) is 9.84 Å². The number of aliphatic carboxylic acids is 1. The fourth-order valence-corrected chi connectivity index (χ4v) is 2.71. The van der Waals surface area contributed by atoms with E-state index < -0.39 is 17.8 Å². The van der Waals surface area contributed by atoms with Gasteiger partial charge in [0.2, 0.25) is 5.91 Å². The Kier molecular flexibility index (Phi) is 6.94. The van der Waals surface area contributed by atoms with E-state index in [1.54, 1.807) is 24.3 Å². The number of anilines is 1. The van der Waals surface area contributed by atoms with Gasteiger partial charge in [0.25, 0.3) is 5.91 Å². The van der Waals surface area contributed by atoms with Crippen LogP contribution >= 0.6 is 0 Å². The largest absolute Gasteiger partial charge is 0.481 e. The predicted octanol–water partition coefficient (Wildman–Crippen LogP) is 1.89. The van der Waals surface area contributed by atoms with Crippen LogP contribution in [0.3, 0.4) is 0 Å². The van der Waals surface area contributed by atoms with Gasteiger partial charge in [-0.1, -0.05) is 6.07 Å². The summed E-state index contributed by atoms with van der Waals surface area (Å²) in [6.45, 7) is 3.68. The molecule has 2 atom stereocenters. The van der Waals surface area contributed by atoms with Gasteiger partial charge in [-0.25, -0.2) is 0 Å². The average molecular weight is 348 g/mol. The summed E-state index contributed by atoms with van der Waals surface area (Å²) in [6.07, 6.45) is 1.83. The van der Waals surface area contributed by atoms with Gasteiger partial charge in [-0.15, -0.1) is 0 Å². The Hall–Kier alpha value is -2.41. The van der Waals surface area contributed by atoms with Crippen molar-refractivity contribution in [2.24, 2.45) is 11.8 Å². The molecule has 0 saturated heterocycles. The highest BCUT2D eigenvalue weighted by Gasteiger charge is 2.41. The minimum atomic E-state index is -0.938. The van der Waals surface area contributed by atoms with Crippen molar-refractivity contribution < 1.29 is 24.2 Å². The number of carbonyl (C=O) groups excluding carboxylic acids is 2. The summed E-state index contributed by atoms with van der Waals surface area (Å²) < 4.78 is 5.21. The first-order valence-corrected chi connectivity index (χ1v) is 8.52. The van der Waals surface area contributed by atoms with Crippen LogP contribution < -0.4 is 10.6 Å². The van der Waals surface area contributed by atoms with E-state index in [1.807, 2.05) is 6.92 Å². The molecule has 1 aliphatic carbocycles. The number of hydrogen-bond donors (Lipinski definition) is 3. The van der Waals surface area contributed by atoms with Gasteiger partial charge < -0.3 is 20.5 Å². The van der Waals surface area contributed by atoms with Gasteiger partial charge in [0, 0.05) is 31.0 Å². The Morgan fingerprint density at radius 3 is 2.64 bits per heavy atom. The number of amides is 2. The Labute approximate surface area is 146 Å². The maximum absolute atomic E-state index is 12.2. The Bertz CT molecular complexity index is 632. The second-order valence-electron chi connectivity index (χ2n) is 6.01. The van der Waals surface area contributed by atoms with Gasteiger partial charge in [-0.3, -0.25) is 14.4 Å². The second kappa shape index (κ2) is 9.17. The monoisotopic (exact) mass is 348 g/mol. The molecule has 2 rings (SSSR count). The fraction of sp³-hybridized carbons (Fsp3) is 0.500. The molecule has 0 radical (unpaired) electrons. The van der Waals surface area contributed by atoms with Gasteiger partial charge >= 0.3 is 5.97 Å². The summed E-state index contributed by atoms with van der Waals surface area (Å²) in [5, 5.41) is 14.5. The summed E-state index contributed by atoms with van der Waals surface area (Å²) in [5.41, 5.74) is 0.931. The first-order valence-electron chi connectivity index (χ1n) is 8.52. The first kappa shape index (κ1) is 18.9. The number of carbonyl (C=O) groups is 3. The minimum absolute atomic E-state index is 0.223. The third-order valence-corrected chi connectivity index (χ3v) is 4.28. The molecule has 0 heterocycles. The molecule has 2 unspecified atom stereocenters. The van der Waals surface area contributed by atoms with Crippen LogP contribution in [-0.2, 0) is 14.3 Å². The van der Waals surface area contributed by atoms with Gasteiger partial charge in [0.05, 0.1) is 11.8 Å². The molecule has 0 spiro atoms. The van der Waals surface area contributed by atoms with E-state index in [9.17, 15) is 14.4 Å². The quantitative estimate of drug-likeness (QED) is 0.591. The highest BCUT2D eigenvalue weighted by Crippen LogP contribution is 2.35. The lowest BCUT2D eigenvalue weighted by molar-refractivity contribution is -0.151. The van der Waals surface area contributed by atoms with Crippen LogP contribution in [0.4, 0.5) is 5.69 Å². The van der Waals surface area contributed by atoms with Crippen LogP contribution in [0.5, 0.6) is 0 Å². The Balaban J connectivity index is 1.87. The molecule has 25 heavy (non-hydrogen) atoms. The highest BCUT2D eigenvalue weighted by atomic mass is 16.5. The summed E-state index contributed by atoms with van der Waals surface area (Å²) in [6, 6.07) is 6.61. The van der Waals surface area contributed by atoms with Crippen molar-refractivity contribution in [3.63, 3.8) is 0 Å². The van der Waals surface area contributed by atoms with E-state index in [0.29, 0.717) is 43.9 Å². The fourth-order valence-electron chi connectivity index (χ4n) is 2.71. The van der Waals surface area contributed by atoms with E-state index in [1.165, 1.54) is 0 Å². The zero-order chi connectivity index (χ0) is 18.2. The molecule has 1 aromatic rings. The van der Waals surface area contributed by atoms with Crippen LogP contribution in [0.25, 0.3) is 0 Å². The molecule has 3 N–H and O–H groups in total. The van der Waals surface area contributed by atoms with Gasteiger partial charge in [0.1, 0.15) is 0 Å².